The lowest BCUT2D eigenvalue weighted by Gasteiger charge is -2.18. The van der Waals surface area contributed by atoms with Gasteiger partial charge in [0.25, 0.3) is 0 Å². The second-order valence-corrected chi connectivity index (χ2v) is 16.0. The van der Waals surface area contributed by atoms with Crippen LogP contribution in [0.25, 0.3) is 0 Å². The molecule has 0 bridgehead atoms. The van der Waals surface area contributed by atoms with Crippen molar-refractivity contribution in [2.75, 3.05) is 13.2 Å². The molecule has 0 saturated carbocycles. The maximum absolute atomic E-state index is 12.8. The molecule has 0 aliphatic rings. The van der Waals surface area contributed by atoms with Crippen molar-refractivity contribution in [3.63, 3.8) is 0 Å². The van der Waals surface area contributed by atoms with Crippen LogP contribution in [0.4, 0.5) is 0 Å². The lowest BCUT2D eigenvalue weighted by atomic mass is 10.1. The summed E-state index contributed by atoms with van der Waals surface area (Å²) in [5, 5.41) is 0. The molecule has 0 fully saturated rings. The van der Waals surface area contributed by atoms with Gasteiger partial charge in [-0.3, -0.25) is 14.4 Å². The molecule has 0 aromatic carbocycles. The van der Waals surface area contributed by atoms with Gasteiger partial charge in [0.1, 0.15) is 13.2 Å². The monoisotopic (exact) mass is 871 g/mol. The highest BCUT2D eigenvalue weighted by molar-refractivity contribution is 5.71. The van der Waals surface area contributed by atoms with Gasteiger partial charge in [0.15, 0.2) is 6.10 Å². The van der Waals surface area contributed by atoms with Crippen LogP contribution >= 0.6 is 0 Å². The van der Waals surface area contributed by atoms with Crippen LogP contribution in [-0.2, 0) is 28.6 Å². The molecule has 6 nitrogen and oxygen atoms in total. The van der Waals surface area contributed by atoms with Gasteiger partial charge < -0.3 is 14.2 Å². The van der Waals surface area contributed by atoms with Crippen molar-refractivity contribution in [1.82, 2.24) is 0 Å². The molecule has 1 atom stereocenters. The first-order chi connectivity index (χ1) is 31.0. The zero-order chi connectivity index (χ0) is 45.8. The Hall–Kier alpha value is -4.19. The number of hydrogen-bond donors (Lipinski definition) is 0. The first-order valence-corrected chi connectivity index (χ1v) is 25.0. The normalized spacial score (nSPS) is 13.1. The Morgan fingerprint density at radius 1 is 0.333 bits per heavy atom. The Kier molecular flexibility index (Phi) is 47.1. The number of carbonyl (C=O) groups is 3. The number of rotatable bonds is 43. The average molecular weight is 871 g/mol. The van der Waals surface area contributed by atoms with Crippen LogP contribution in [0.5, 0.6) is 0 Å². The summed E-state index contributed by atoms with van der Waals surface area (Å²) < 4.78 is 16.7. The van der Waals surface area contributed by atoms with Crippen LogP contribution in [0.1, 0.15) is 201 Å². The van der Waals surface area contributed by atoms with E-state index >= 15 is 0 Å². The first-order valence-electron chi connectivity index (χ1n) is 25.0. The standard InChI is InChI=1S/C57H90O6/c1-4-7-10-13-16-19-22-25-27-28-30-32-35-38-41-44-47-50-56(59)62-53-54(52-61-55(58)49-46-43-40-37-34-31-24-21-18-15-12-9-6-3)63-57(60)51-48-45-42-39-36-33-29-26-23-20-17-14-11-8-5-2/h7-8,10-11,16-17,19-21,24-27,29-30,32,36,38-39,41,54H,4-6,9,12-15,18,22-23,28,31,33-35,37,40,42-53H2,1-3H3/b10-7-,11-8-,19-16-,20-17-,24-21-,27-25-,29-26-,32-30-,39-36-,41-38-/t54-/m0/s1. The van der Waals surface area contributed by atoms with Crippen LogP contribution in [0, 0.1) is 0 Å². The Morgan fingerprint density at radius 2 is 0.635 bits per heavy atom. The van der Waals surface area contributed by atoms with Crippen LogP contribution in [0.2, 0.25) is 0 Å². The fourth-order valence-electron chi connectivity index (χ4n) is 6.23. The van der Waals surface area contributed by atoms with Crippen LogP contribution < -0.4 is 0 Å². The zero-order valence-corrected chi connectivity index (χ0v) is 40.3. The van der Waals surface area contributed by atoms with Crippen molar-refractivity contribution in [3.05, 3.63) is 122 Å². The quantitative estimate of drug-likeness (QED) is 0.0263. The Bertz CT molecular complexity index is 1370. The second-order valence-electron chi connectivity index (χ2n) is 16.0. The van der Waals surface area contributed by atoms with Gasteiger partial charge in [0.2, 0.25) is 0 Å². The predicted molar refractivity (Wildman–Crippen MR) is 269 cm³/mol. The van der Waals surface area contributed by atoms with E-state index in [1.165, 1.54) is 38.5 Å². The molecule has 0 heterocycles. The molecule has 0 radical (unpaired) electrons. The van der Waals surface area contributed by atoms with Gasteiger partial charge in [-0.25, -0.2) is 0 Å². The van der Waals surface area contributed by atoms with Gasteiger partial charge in [-0.2, -0.15) is 0 Å². The van der Waals surface area contributed by atoms with E-state index in [9.17, 15) is 14.4 Å². The summed E-state index contributed by atoms with van der Waals surface area (Å²) in [6.07, 6.45) is 69.0. The van der Waals surface area contributed by atoms with E-state index in [0.717, 1.165) is 109 Å². The third-order valence-electron chi connectivity index (χ3n) is 9.93. The molecule has 0 spiro atoms. The molecule has 0 aliphatic heterocycles. The van der Waals surface area contributed by atoms with Crippen LogP contribution in [0.3, 0.4) is 0 Å². The van der Waals surface area contributed by atoms with Crippen molar-refractivity contribution >= 4 is 17.9 Å². The average Bonchev–Trinajstić information content (AvgIpc) is 3.28. The minimum Gasteiger partial charge on any atom is -0.462 e. The summed E-state index contributed by atoms with van der Waals surface area (Å²) in [6.45, 7) is 6.28. The van der Waals surface area contributed by atoms with Crippen LogP contribution in [0.15, 0.2) is 122 Å². The fourth-order valence-corrected chi connectivity index (χ4v) is 6.23. The van der Waals surface area contributed by atoms with Gasteiger partial charge >= 0.3 is 17.9 Å². The number of hydrogen-bond acceptors (Lipinski definition) is 6. The van der Waals surface area contributed by atoms with Crippen molar-refractivity contribution in [1.29, 1.82) is 0 Å². The van der Waals surface area contributed by atoms with Gasteiger partial charge in [-0.15, -0.1) is 0 Å². The third kappa shape index (κ3) is 48.7. The molecule has 0 aromatic heterocycles. The van der Waals surface area contributed by atoms with E-state index in [0.29, 0.717) is 19.3 Å². The summed E-state index contributed by atoms with van der Waals surface area (Å²) in [6, 6.07) is 0. The maximum atomic E-state index is 12.8. The molecular weight excluding hydrogens is 781 g/mol. The molecule has 0 aliphatic carbocycles. The molecule has 63 heavy (non-hydrogen) atoms. The lowest BCUT2D eigenvalue weighted by Crippen LogP contribution is -2.30. The highest BCUT2D eigenvalue weighted by Gasteiger charge is 2.19. The van der Waals surface area contributed by atoms with Gasteiger partial charge in [-0.1, -0.05) is 181 Å². The van der Waals surface area contributed by atoms with E-state index in [4.69, 9.17) is 14.2 Å². The topological polar surface area (TPSA) is 78.9 Å². The molecule has 0 aromatic rings. The zero-order valence-electron chi connectivity index (χ0n) is 40.3. The highest BCUT2D eigenvalue weighted by atomic mass is 16.6. The van der Waals surface area contributed by atoms with Crippen molar-refractivity contribution < 1.29 is 28.6 Å². The molecule has 0 amide bonds. The maximum Gasteiger partial charge on any atom is 0.306 e. The summed E-state index contributed by atoms with van der Waals surface area (Å²) >= 11 is 0. The number of unbranched alkanes of at least 4 members (excludes halogenated alkanes) is 12. The van der Waals surface area contributed by atoms with E-state index in [2.05, 4.69) is 142 Å². The summed E-state index contributed by atoms with van der Waals surface area (Å²) in [5.41, 5.74) is 0. The molecule has 0 unspecified atom stereocenters. The minimum atomic E-state index is -0.828. The van der Waals surface area contributed by atoms with Gasteiger partial charge in [0.05, 0.1) is 0 Å². The smallest absolute Gasteiger partial charge is 0.306 e. The third-order valence-corrected chi connectivity index (χ3v) is 9.93. The number of carbonyl (C=O) groups excluding carboxylic acids is 3. The minimum absolute atomic E-state index is 0.120. The molecule has 0 N–H and O–H groups in total. The summed E-state index contributed by atoms with van der Waals surface area (Å²) in [4.78, 5) is 37.9. The molecule has 6 heteroatoms. The van der Waals surface area contributed by atoms with Gasteiger partial charge in [-0.05, 0) is 122 Å². The Balaban J connectivity index is 4.58. The second kappa shape index (κ2) is 50.5. The number of allylic oxidation sites excluding steroid dienone is 20. The predicted octanol–water partition coefficient (Wildman–Crippen LogP) is 16.5. The first kappa shape index (κ1) is 58.8. The van der Waals surface area contributed by atoms with Gasteiger partial charge in [0, 0.05) is 19.3 Å². The fraction of sp³-hybridized carbons (Fsp3) is 0.596. The number of esters is 3. The van der Waals surface area contributed by atoms with Crippen molar-refractivity contribution in [3.8, 4) is 0 Å². The Morgan fingerprint density at radius 3 is 1.08 bits per heavy atom. The number of ether oxygens (including phenoxy) is 3. The van der Waals surface area contributed by atoms with Crippen LogP contribution in [-0.4, -0.2) is 37.2 Å². The largest absolute Gasteiger partial charge is 0.462 e. The molecule has 0 saturated heterocycles. The summed E-state index contributed by atoms with van der Waals surface area (Å²) in [5.74, 6) is -1.04. The van der Waals surface area contributed by atoms with E-state index in [-0.39, 0.29) is 44.0 Å². The van der Waals surface area contributed by atoms with E-state index in [1.807, 2.05) is 0 Å². The van der Waals surface area contributed by atoms with E-state index < -0.39 is 6.10 Å². The lowest BCUT2D eigenvalue weighted by molar-refractivity contribution is -0.167. The van der Waals surface area contributed by atoms with Crippen molar-refractivity contribution in [2.45, 2.75) is 207 Å². The van der Waals surface area contributed by atoms with Crippen molar-refractivity contribution in [2.24, 2.45) is 0 Å². The molecule has 0 rings (SSSR count). The Labute approximate surface area is 386 Å². The summed E-state index contributed by atoms with van der Waals surface area (Å²) in [7, 11) is 0. The van der Waals surface area contributed by atoms with E-state index in [1.54, 1.807) is 0 Å². The highest BCUT2D eigenvalue weighted by Crippen LogP contribution is 2.11. The molecular formula is C57H90O6. The molecule has 354 valence electrons. The SMILES string of the molecule is CC/C=C\C/C=C\C/C=C\C/C=C\C/C=C\CCCC(=O)OC[C@H](COC(=O)CCCCCCC/C=C\CCCCCC)OC(=O)CCCC/C=C\C/C=C\C/C=C\C/C=C\CC.